The average molecular weight is 338 g/mol. The number of benzene rings is 2. The molecule has 0 radical (unpaired) electrons. The Hall–Kier alpha value is -2.42. The first kappa shape index (κ1) is 17.4. The lowest BCUT2D eigenvalue weighted by molar-refractivity contribution is 0.361. The predicted octanol–water partition coefficient (Wildman–Crippen LogP) is 4.93. The zero-order valence-electron chi connectivity index (χ0n) is 15.7. The number of hydrogen-bond acceptors (Lipinski definition) is 3. The zero-order chi connectivity index (χ0) is 18.0. The fraction of sp³-hybridized carbons (Fsp3) is 0.364. The molecule has 3 heteroatoms. The second-order valence-corrected chi connectivity index (χ2v) is 6.43. The van der Waals surface area contributed by atoms with Gasteiger partial charge < -0.3 is 14.2 Å². The fourth-order valence-electron chi connectivity index (χ4n) is 4.03. The molecule has 1 aliphatic carbocycles. The Morgan fingerprint density at radius 3 is 1.96 bits per heavy atom. The molecule has 3 nitrogen and oxygen atoms in total. The van der Waals surface area contributed by atoms with Gasteiger partial charge in [0.25, 0.3) is 0 Å². The molecular weight excluding hydrogens is 312 g/mol. The van der Waals surface area contributed by atoms with Crippen LogP contribution < -0.4 is 14.2 Å². The summed E-state index contributed by atoms with van der Waals surface area (Å²) >= 11 is 0. The number of hydrogen-bond donors (Lipinski definition) is 0. The third-order valence-electron chi connectivity index (χ3n) is 5.44. The highest BCUT2D eigenvalue weighted by molar-refractivity contribution is 5.70. The largest absolute Gasteiger partial charge is 0.496 e. The van der Waals surface area contributed by atoms with Gasteiger partial charge in [0.05, 0.1) is 26.9 Å². The number of methoxy groups -OCH3 is 3. The standard InChI is InChI=1S/C22H26O3/c1-6-22(15(2)18(22)12-16-10-8-7-9-11-16)21-19(24-4)13-17(23-3)14-20(21)25-5/h7-11,13-14H,6,12H2,1-5H3. The molecule has 0 fully saturated rings. The second kappa shape index (κ2) is 6.83. The van der Waals surface area contributed by atoms with Gasteiger partial charge in [-0.25, -0.2) is 0 Å². The van der Waals surface area contributed by atoms with Crippen LogP contribution in [-0.4, -0.2) is 21.3 Å². The van der Waals surface area contributed by atoms with Gasteiger partial charge in [-0.2, -0.15) is 0 Å². The summed E-state index contributed by atoms with van der Waals surface area (Å²) in [7, 11) is 5.07. The third-order valence-corrected chi connectivity index (χ3v) is 5.44. The molecule has 3 rings (SSSR count). The van der Waals surface area contributed by atoms with Gasteiger partial charge in [-0.1, -0.05) is 48.4 Å². The number of ether oxygens (including phenoxy) is 3. The minimum absolute atomic E-state index is 0.0845. The van der Waals surface area contributed by atoms with E-state index in [1.165, 1.54) is 16.7 Å². The van der Waals surface area contributed by atoms with E-state index in [2.05, 4.69) is 44.2 Å². The summed E-state index contributed by atoms with van der Waals surface area (Å²) in [6.45, 7) is 4.45. The molecule has 1 atom stereocenters. The molecule has 25 heavy (non-hydrogen) atoms. The van der Waals surface area contributed by atoms with Crippen molar-refractivity contribution >= 4 is 0 Å². The summed E-state index contributed by atoms with van der Waals surface area (Å²) in [4.78, 5) is 0. The molecule has 1 aliphatic rings. The van der Waals surface area contributed by atoms with Crippen molar-refractivity contribution in [3.05, 3.63) is 64.7 Å². The molecule has 0 aliphatic heterocycles. The second-order valence-electron chi connectivity index (χ2n) is 6.43. The van der Waals surface area contributed by atoms with Crippen molar-refractivity contribution in [2.75, 3.05) is 21.3 Å². The topological polar surface area (TPSA) is 27.7 Å². The molecule has 0 saturated carbocycles. The molecule has 0 aromatic heterocycles. The van der Waals surface area contributed by atoms with E-state index in [9.17, 15) is 0 Å². The maximum Gasteiger partial charge on any atom is 0.130 e. The highest BCUT2D eigenvalue weighted by Crippen LogP contribution is 2.62. The van der Waals surface area contributed by atoms with Gasteiger partial charge >= 0.3 is 0 Å². The van der Waals surface area contributed by atoms with Crippen LogP contribution in [0.2, 0.25) is 0 Å². The quantitative estimate of drug-likeness (QED) is 0.670. The van der Waals surface area contributed by atoms with E-state index < -0.39 is 0 Å². The monoisotopic (exact) mass is 338 g/mol. The Kier molecular flexibility index (Phi) is 4.76. The van der Waals surface area contributed by atoms with Gasteiger partial charge in [-0.3, -0.25) is 0 Å². The van der Waals surface area contributed by atoms with E-state index in [0.29, 0.717) is 0 Å². The Balaban J connectivity index is 2.05. The first-order valence-corrected chi connectivity index (χ1v) is 8.67. The SMILES string of the molecule is CCC1(c2c(OC)cc(OC)cc2OC)C(C)=C1Cc1ccccc1. The summed E-state index contributed by atoms with van der Waals surface area (Å²) in [5.41, 5.74) is 5.24. The van der Waals surface area contributed by atoms with Crippen molar-refractivity contribution in [2.24, 2.45) is 0 Å². The fourth-order valence-corrected chi connectivity index (χ4v) is 4.03. The lowest BCUT2D eigenvalue weighted by atomic mass is 9.83. The molecule has 0 saturated heterocycles. The van der Waals surface area contributed by atoms with E-state index in [0.717, 1.165) is 35.7 Å². The predicted molar refractivity (Wildman–Crippen MR) is 101 cm³/mol. The van der Waals surface area contributed by atoms with E-state index in [1.807, 2.05) is 12.1 Å². The smallest absolute Gasteiger partial charge is 0.130 e. The normalized spacial score (nSPS) is 18.9. The molecule has 2 aromatic carbocycles. The van der Waals surface area contributed by atoms with Crippen molar-refractivity contribution < 1.29 is 14.2 Å². The van der Waals surface area contributed by atoms with Crippen LogP contribution in [0.3, 0.4) is 0 Å². The number of rotatable bonds is 7. The minimum Gasteiger partial charge on any atom is -0.496 e. The van der Waals surface area contributed by atoms with Crippen LogP contribution in [0.15, 0.2) is 53.6 Å². The van der Waals surface area contributed by atoms with E-state index in [4.69, 9.17) is 14.2 Å². The van der Waals surface area contributed by atoms with Crippen LogP contribution in [0, 0.1) is 0 Å². The molecule has 0 N–H and O–H groups in total. The van der Waals surface area contributed by atoms with E-state index in [-0.39, 0.29) is 5.41 Å². The average Bonchev–Trinajstić information content (AvgIpc) is 3.23. The molecule has 0 amide bonds. The third kappa shape index (κ3) is 2.78. The van der Waals surface area contributed by atoms with E-state index >= 15 is 0 Å². The molecule has 0 heterocycles. The lowest BCUT2D eigenvalue weighted by Gasteiger charge is -2.25. The maximum atomic E-state index is 5.72. The summed E-state index contributed by atoms with van der Waals surface area (Å²) in [6.07, 6.45) is 1.94. The van der Waals surface area contributed by atoms with Crippen molar-refractivity contribution in [3.8, 4) is 17.2 Å². The summed E-state index contributed by atoms with van der Waals surface area (Å²) in [5, 5.41) is 0. The molecule has 0 bridgehead atoms. The summed E-state index contributed by atoms with van der Waals surface area (Å²) in [5.74, 6) is 2.38. The van der Waals surface area contributed by atoms with Gasteiger partial charge in [0.1, 0.15) is 17.2 Å². The van der Waals surface area contributed by atoms with Crippen molar-refractivity contribution in [1.82, 2.24) is 0 Å². The molecule has 1 unspecified atom stereocenters. The van der Waals surface area contributed by atoms with Gasteiger partial charge in [-0.15, -0.1) is 0 Å². The van der Waals surface area contributed by atoms with E-state index in [1.54, 1.807) is 21.3 Å². The van der Waals surface area contributed by atoms with Gasteiger partial charge in [0.15, 0.2) is 0 Å². The Morgan fingerprint density at radius 2 is 1.48 bits per heavy atom. The molecule has 0 spiro atoms. The van der Waals surface area contributed by atoms with Gasteiger partial charge in [0.2, 0.25) is 0 Å². The minimum atomic E-state index is -0.0845. The first-order chi connectivity index (χ1) is 12.1. The Labute approximate surface area is 150 Å². The zero-order valence-corrected chi connectivity index (χ0v) is 15.7. The molecule has 132 valence electrons. The Morgan fingerprint density at radius 1 is 0.880 bits per heavy atom. The van der Waals surface area contributed by atoms with Crippen LogP contribution >= 0.6 is 0 Å². The van der Waals surface area contributed by atoms with Crippen LogP contribution in [-0.2, 0) is 11.8 Å². The highest BCUT2D eigenvalue weighted by Gasteiger charge is 2.53. The maximum absolute atomic E-state index is 5.72. The van der Waals surface area contributed by atoms with Crippen LogP contribution in [0.1, 0.15) is 31.4 Å². The Bertz CT molecular complexity index is 767. The lowest BCUT2D eigenvalue weighted by Crippen LogP contribution is -2.16. The first-order valence-electron chi connectivity index (χ1n) is 8.67. The van der Waals surface area contributed by atoms with Crippen molar-refractivity contribution in [3.63, 3.8) is 0 Å². The van der Waals surface area contributed by atoms with Crippen molar-refractivity contribution in [2.45, 2.75) is 32.1 Å². The molecular formula is C22H26O3. The summed E-state index contributed by atoms with van der Waals surface area (Å²) < 4.78 is 16.8. The van der Waals surface area contributed by atoms with Crippen LogP contribution in [0.5, 0.6) is 17.2 Å². The highest BCUT2D eigenvalue weighted by atomic mass is 16.5. The van der Waals surface area contributed by atoms with Gasteiger partial charge in [-0.05, 0) is 25.3 Å². The van der Waals surface area contributed by atoms with Crippen molar-refractivity contribution in [1.29, 1.82) is 0 Å². The molecule has 2 aromatic rings. The van der Waals surface area contributed by atoms with Crippen LogP contribution in [0.4, 0.5) is 0 Å². The number of allylic oxidation sites excluding steroid dienone is 2. The van der Waals surface area contributed by atoms with Crippen LogP contribution in [0.25, 0.3) is 0 Å². The summed E-state index contributed by atoms with van der Waals surface area (Å²) in [6, 6.07) is 14.5. The van der Waals surface area contributed by atoms with Gasteiger partial charge in [0, 0.05) is 17.5 Å².